The minimum atomic E-state index is 0.00895. The Morgan fingerprint density at radius 3 is 2.66 bits per heavy atom. The summed E-state index contributed by atoms with van der Waals surface area (Å²) in [6, 6.07) is 7.37. The standard InChI is InChI=1S/C23H28N4O2/c1-4-12-26-15-19(6-9-22(26)28)27-14-18(13-24-27)20-7-8-21(25-17(20)3)29-16-23(5-2)10-11-23/h6-9,13-15H,4-5,10-12,16H2,1-3H3. The molecule has 6 heteroatoms. The maximum absolute atomic E-state index is 11.9. The highest BCUT2D eigenvalue weighted by molar-refractivity contribution is 5.65. The number of hydrogen-bond donors (Lipinski definition) is 0. The summed E-state index contributed by atoms with van der Waals surface area (Å²) in [4.78, 5) is 16.6. The first kappa shape index (κ1) is 19.4. The largest absolute Gasteiger partial charge is 0.477 e. The molecule has 0 atom stereocenters. The molecule has 0 unspecified atom stereocenters. The average Bonchev–Trinajstić information content (AvgIpc) is 3.35. The van der Waals surface area contributed by atoms with Gasteiger partial charge in [-0.3, -0.25) is 4.79 Å². The number of aryl methyl sites for hydroxylation is 2. The van der Waals surface area contributed by atoms with Crippen LogP contribution in [-0.2, 0) is 6.54 Å². The molecule has 4 rings (SSSR count). The summed E-state index contributed by atoms with van der Waals surface area (Å²) < 4.78 is 9.47. The van der Waals surface area contributed by atoms with Crippen LogP contribution in [0.1, 0.15) is 45.2 Å². The average molecular weight is 393 g/mol. The first-order valence-corrected chi connectivity index (χ1v) is 10.4. The first-order chi connectivity index (χ1) is 14.0. The second-order valence-corrected chi connectivity index (χ2v) is 8.02. The Labute approximate surface area is 171 Å². The van der Waals surface area contributed by atoms with E-state index in [1.54, 1.807) is 21.4 Å². The Morgan fingerprint density at radius 1 is 1.14 bits per heavy atom. The van der Waals surface area contributed by atoms with Gasteiger partial charge in [-0.2, -0.15) is 5.10 Å². The zero-order valence-corrected chi connectivity index (χ0v) is 17.4. The molecule has 1 fully saturated rings. The van der Waals surface area contributed by atoms with Crippen molar-refractivity contribution in [3.8, 4) is 22.7 Å². The van der Waals surface area contributed by atoms with Crippen LogP contribution >= 0.6 is 0 Å². The number of hydrogen-bond acceptors (Lipinski definition) is 4. The Kier molecular flexibility index (Phi) is 5.26. The van der Waals surface area contributed by atoms with Crippen LogP contribution in [0.4, 0.5) is 0 Å². The lowest BCUT2D eigenvalue weighted by atomic mass is 10.1. The molecule has 0 aliphatic heterocycles. The van der Waals surface area contributed by atoms with Crippen molar-refractivity contribution in [1.82, 2.24) is 19.3 Å². The van der Waals surface area contributed by atoms with Crippen molar-refractivity contribution in [3.63, 3.8) is 0 Å². The molecule has 29 heavy (non-hydrogen) atoms. The topological polar surface area (TPSA) is 61.9 Å². The molecule has 0 amide bonds. The number of aromatic nitrogens is 4. The van der Waals surface area contributed by atoms with Crippen LogP contribution in [0.5, 0.6) is 5.88 Å². The van der Waals surface area contributed by atoms with Crippen LogP contribution in [0, 0.1) is 12.3 Å². The summed E-state index contributed by atoms with van der Waals surface area (Å²) in [5, 5.41) is 4.49. The molecule has 1 aliphatic rings. The van der Waals surface area contributed by atoms with Gasteiger partial charge in [0.1, 0.15) is 0 Å². The van der Waals surface area contributed by atoms with E-state index in [1.165, 1.54) is 12.8 Å². The summed E-state index contributed by atoms with van der Waals surface area (Å²) in [6.45, 7) is 7.73. The molecule has 6 nitrogen and oxygen atoms in total. The molecule has 0 N–H and O–H groups in total. The summed E-state index contributed by atoms with van der Waals surface area (Å²) >= 11 is 0. The highest BCUT2D eigenvalue weighted by Crippen LogP contribution is 2.48. The van der Waals surface area contributed by atoms with Gasteiger partial charge in [0.05, 0.1) is 18.5 Å². The van der Waals surface area contributed by atoms with Crippen molar-refractivity contribution in [2.24, 2.45) is 5.41 Å². The normalized spacial score (nSPS) is 14.7. The van der Waals surface area contributed by atoms with Gasteiger partial charge < -0.3 is 9.30 Å². The van der Waals surface area contributed by atoms with Gasteiger partial charge in [-0.05, 0) is 44.7 Å². The molecule has 152 valence electrons. The lowest BCUT2D eigenvalue weighted by Gasteiger charge is -2.14. The molecule has 0 saturated heterocycles. The predicted octanol–water partition coefficient (Wildman–Crippen LogP) is 4.38. The van der Waals surface area contributed by atoms with Crippen LogP contribution in [0.3, 0.4) is 0 Å². The van der Waals surface area contributed by atoms with Gasteiger partial charge in [-0.15, -0.1) is 0 Å². The van der Waals surface area contributed by atoms with Gasteiger partial charge >= 0.3 is 0 Å². The highest BCUT2D eigenvalue weighted by atomic mass is 16.5. The van der Waals surface area contributed by atoms with Crippen molar-refractivity contribution < 1.29 is 4.74 Å². The van der Waals surface area contributed by atoms with Crippen LogP contribution < -0.4 is 10.3 Å². The number of ether oxygens (including phenoxy) is 1. The number of rotatable bonds is 8. The number of pyridine rings is 2. The van der Waals surface area contributed by atoms with E-state index in [0.717, 1.165) is 42.0 Å². The molecule has 1 saturated carbocycles. The third-order valence-electron chi connectivity index (χ3n) is 5.88. The fourth-order valence-electron chi connectivity index (χ4n) is 3.60. The van der Waals surface area contributed by atoms with Gasteiger partial charge in [0, 0.05) is 53.3 Å². The van der Waals surface area contributed by atoms with Gasteiger partial charge in [0.15, 0.2) is 0 Å². The van der Waals surface area contributed by atoms with Crippen LogP contribution in [0.2, 0.25) is 0 Å². The quantitative estimate of drug-likeness (QED) is 0.571. The van der Waals surface area contributed by atoms with Gasteiger partial charge in [0.25, 0.3) is 5.56 Å². The van der Waals surface area contributed by atoms with Gasteiger partial charge in [-0.25, -0.2) is 9.67 Å². The van der Waals surface area contributed by atoms with E-state index in [9.17, 15) is 4.79 Å². The van der Waals surface area contributed by atoms with E-state index in [0.29, 0.717) is 17.8 Å². The lowest BCUT2D eigenvalue weighted by Crippen LogP contribution is -2.19. The first-order valence-electron chi connectivity index (χ1n) is 10.4. The zero-order valence-electron chi connectivity index (χ0n) is 17.4. The Balaban J connectivity index is 1.53. The summed E-state index contributed by atoms with van der Waals surface area (Å²) in [5.41, 5.74) is 4.19. The Hall–Kier alpha value is -2.89. The Bertz CT molecular complexity index is 1060. The molecular formula is C23H28N4O2. The zero-order chi connectivity index (χ0) is 20.4. The van der Waals surface area contributed by atoms with E-state index in [2.05, 4.69) is 23.9 Å². The molecule has 1 aliphatic carbocycles. The second-order valence-electron chi connectivity index (χ2n) is 8.02. The maximum atomic E-state index is 11.9. The summed E-state index contributed by atoms with van der Waals surface area (Å²) in [5.74, 6) is 0.685. The molecule has 0 spiro atoms. The van der Waals surface area contributed by atoms with Crippen LogP contribution in [0.25, 0.3) is 16.8 Å². The predicted molar refractivity (Wildman–Crippen MR) is 114 cm³/mol. The third-order valence-corrected chi connectivity index (χ3v) is 5.88. The molecule has 3 aromatic heterocycles. The maximum Gasteiger partial charge on any atom is 0.250 e. The fourth-order valence-corrected chi connectivity index (χ4v) is 3.60. The molecule has 3 aromatic rings. The summed E-state index contributed by atoms with van der Waals surface area (Å²) in [6.07, 6.45) is 10.2. The van der Waals surface area contributed by atoms with E-state index in [-0.39, 0.29) is 5.56 Å². The minimum absolute atomic E-state index is 0.00895. The van der Waals surface area contributed by atoms with Crippen LogP contribution in [0.15, 0.2) is 47.7 Å². The van der Waals surface area contributed by atoms with Crippen molar-refractivity contribution in [2.45, 2.75) is 53.0 Å². The van der Waals surface area contributed by atoms with E-state index in [1.807, 2.05) is 37.6 Å². The SMILES string of the molecule is CCCn1cc(-n2cc(-c3ccc(OCC4(CC)CC4)nc3C)cn2)ccc1=O. The smallest absolute Gasteiger partial charge is 0.250 e. The van der Waals surface area contributed by atoms with E-state index >= 15 is 0 Å². The van der Waals surface area contributed by atoms with Crippen molar-refractivity contribution in [1.29, 1.82) is 0 Å². The van der Waals surface area contributed by atoms with E-state index in [4.69, 9.17) is 4.74 Å². The fraction of sp³-hybridized carbons (Fsp3) is 0.435. The molecule has 0 bridgehead atoms. The highest BCUT2D eigenvalue weighted by Gasteiger charge is 2.41. The molecule has 0 radical (unpaired) electrons. The monoisotopic (exact) mass is 392 g/mol. The molecular weight excluding hydrogens is 364 g/mol. The van der Waals surface area contributed by atoms with Crippen molar-refractivity contribution >= 4 is 0 Å². The Morgan fingerprint density at radius 2 is 1.97 bits per heavy atom. The lowest BCUT2D eigenvalue weighted by molar-refractivity contribution is 0.222. The minimum Gasteiger partial charge on any atom is -0.477 e. The second kappa shape index (κ2) is 7.85. The molecule has 3 heterocycles. The van der Waals surface area contributed by atoms with Gasteiger partial charge in [-0.1, -0.05) is 13.8 Å². The number of nitrogens with zero attached hydrogens (tertiary/aromatic N) is 4. The van der Waals surface area contributed by atoms with Gasteiger partial charge in [0.2, 0.25) is 5.88 Å². The van der Waals surface area contributed by atoms with Crippen LogP contribution in [-0.4, -0.2) is 25.9 Å². The third kappa shape index (κ3) is 4.11. The van der Waals surface area contributed by atoms with Crippen molar-refractivity contribution in [3.05, 3.63) is 58.9 Å². The van der Waals surface area contributed by atoms with Crippen molar-refractivity contribution in [2.75, 3.05) is 6.61 Å². The summed E-state index contributed by atoms with van der Waals surface area (Å²) in [7, 11) is 0. The van der Waals surface area contributed by atoms with E-state index < -0.39 is 0 Å². The molecule has 0 aromatic carbocycles.